The molecule has 36 heavy (non-hydrogen) atoms. The molecule has 3 aromatic carbocycles. The number of amides is 2. The molecule has 5 rings (SSSR count). The van der Waals surface area contributed by atoms with Gasteiger partial charge in [0.15, 0.2) is 0 Å². The van der Waals surface area contributed by atoms with E-state index in [0.717, 1.165) is 66.0 Å². The normalized spacial score (nSPS) is 16.1. The molecule has 2 heterocycles. The number of piperidine rings is 1. The highest BCUT2D eigenvalue weighted by Gasteiger charge is 2.28. The van der Waals surface area contributed by atoms with E-state index in [1.54, 1.807) is 6.07 Å². The highest BCUT2D eigenvalue weighted by molar-refractivity contribution is 5.98. The molecule has 0 radical (unpaired) electrons. The highest BCUT2D eigenvalue weighted by atomic mass is 16.6. The second kappa shape index (κ2) is 10.9. The first kappa shape index (κ1) is 24.0. The third kappa shape index (κ3) is 5.42. The molecule has 3 aromatic rings. The maximum absolute atomic E-state index is 12.7. The monoisotopic (exact) mass is 485 g/mol. The Morgan fingerprint density at radius 3 is 2.47 bits per heavy atom. The van der Waals surface area contributed by atoms with Gasteiger partial charge in [-0.1, -0.05) is 60.7 Å². The smallest absolute Gasteiger partial charge is 0.411 e. The Morgan fingerprint density at radius 2 is 1.69 bits per heavy atom. The number of ether oxygens (including phenoxy) is 1. The summed E-state index contributed by atoms with van der Waals surface area (Å²) in [5.74, 6) is 0.0557. The standard InChI is InChI=1S/C29H31N3O4/c33-20-21-10-11-26-23(18-21)19-32(28(26)34)17-16-31-14-12-24(13-15-31)36-29(35)30-27-9-5-4-8-25(27)22-6-2-1-3-7-22/h1-11,18,24,33H,12-17,19-20H2,(H,30,35). The van der Waals surface area contributed by atoms with Crippen molar-refractivity contribution < 1.29 is 19.4 Å². The number of carbonyl (C=O) groups is 2. The molecule has 2 aliphatic rings. The van der Waals surface area contributed by atoms with Crippen molar-refractivity contribution in [2.24, 2.45) is 0 Å². The van der Waals surface area contributed by atoms with Gasteiger partial charge in [-0.2, -0.15) is 0 Å². The molecule has 1 fully saturated rings. The fourth-order valence-electron chi connectivity index (χ4n) is 4.98. The van der Waals surface area contributed by atoms with Crippen LogP contribution in [0, 0.1) is 0 Å². The molecule has 0 aliphatic carbocycles. The number of nitrogens with one attached hydrogen (secondary N) is 1. The van der Waals surface area contributed by atoms with E-state index in [9.17, 15) is 14.7 Å². The molecule has 0 spiro atoms. The van der Waals surface area contributed by atoms with Gasteiger partial charge in [0.2, 0.25) is 0 Å². The van der Waals surface area contributed by atoms with Crippen molar-refractivity contribution in [3.05, 3.63) is 89.5 Å². The lowest BCUT2D eigenvalue weighted by Gasteiger charge is -2.32. The van der Waals surface area contributed by atoms with E-state index in [2.05, 4.69) is 10.2 Å². The summed E-state index contributed by atoms with van der Waals surface area (Å²) >= 11 is 0. The quantitative estimate of drug-likeness (QED) is 0.515. The molecule has 0 aromatic heterocycles. The summed E-state index contributed by atoms with van der Waals surface area (Å²) in [6.45, 7) is 3.66. The first-order valence-electron chi connectivity index (χ1n) is 12.5. The lowest BCUT2D eigenvalue weighted by molar-refractivity contribution is 0.0528. The van der Waals surface area contributed by atoms with E-state index in [1.165, 1.54) is 0 Å². The zero-order valence-electron chi connectivity index (χ0n) is 20.2. The summed E-state index contributed by atoms with van der Waals surface area (Å²) in [6.07, 6.45) is 0.975. The molecule has 0 bridgehead atoms. The number of benzene rings is 3. The molecule has 0 atom stereocenters. The molecule has 7 heteroatoms. The van der Waals surface area contributed by atoms with Crippen molar-refractivity contribution >= 4 is 17.7 Å². The van der Waals surface area contributed by atoms with Crippen LogP contribution in [0.3, 0.4) is 0 Å². The fraction of sp³-hybridized carbons (Fsp3) is 0.310. The molecule has 2 N–H and O–H groups in total. The Hall–Kier alpha value is -3.68. The number of hydrogen-bond donors (Lipinski definition) is 2. The van der Waals surface area contributed by atoms with E-state index in [-0.39, 0.29) is 18.6 Å². The van der Waals surface area contributed by atoms with Crippen molar-refractivity contribution in [3.63, 3.8) is 0 Å². The first-order chi connectivity index (χ1) is 17.6. The minimum absolute atomic E-state index is 0.0178. The summed E-state index contributed by atoms with van der Waals surface area (Å²) in [5.41, 5.74) is 5.27. The summed E-state index contributed by atoms with van der Waals surface area (Å²) < 4.78 is 5.73. The molecular weight excluding hydrogens is 454 g/mol. The Balaban J connectivity index is 1.08. The number of rotatable bonds is 7. The second-order valence-corrected chi connectivity index (χ2v) is 9.36. The average Bonchev–Trinajstić information content (AvgIpc) is 3.23. The van der Waals surface area contributed by atoms with Gasteiger partial charge in [-0.15, -0.1) is 0 Å². The number of nitrogens with zero attached hydrogens (tertiary/aromatic N) is 2. The third-order valence-corrected chi connectivity index (χ3v) is 6.97. The van der Waals surface area contributed by atoms with Gasteiger partial charge in [0.1, 0.15) is 6.10 Å². The van der Waals surface area contributed by atoms with Crippen LogP contribution in [0.15, 0.2) is 72.8 Å². The van der Waals surface area contributed by atoms with Crippen molar-refractivity contribution in [3.8, 4) is 11.1 Å². The lowest BCUT2D eigenvalue weighted by atomic mass is 10.0. The Morgan fingerprint density at radius 1 is 0.944 bits per heavy atom. The number of likely N-dealkylation sites (tertiary alicyclic amines) is 1. The van der Waals surface area contributed by atoms with Crippen LogP contribution in [-0.2, 0) is 17.9 Å². The van der Waals surface area contributed by atoms with Crippen LogP contribution in [0.4, 0.5) is 10.5 Å². The predicted molar refractivity (Wildman–Crippen MR) is 139 cm³/mol. The van der Waals surface area contributed by atoms with Crippen molar-refractivity contribution in [1.29, 1.82) is 0 Å². The van der Waals surface area contributed by atoms with E-state index in [0.29, 0.717) is 13.1 Å². The van der Waals surface area contributed by atoms with Crippen LogP contribution in [0.25, 0.3) is 11.1 Å². The summed E-state index contributed by atoms with van der Waals surface area (Å²) in [5, 5.41) is 12.3. The zero-order valence-corrected chi connectivity index (χ0v) is 20.2. The van der Waals surface area contributed by atoms with Crippen LogP contribution in [-0.4, -0.2) is 59.2 Å². The first-order valence-corrected chi connectivity index (χ1v) is 12.5. The highest BCUT2D eigenvalue weighted by Crippen LogP contribution is 2.28. The fourth-order valence-corrected chi connectivity index (χ4v) is 4.98. The number of fused-ring (bicyclic) bond motifs is 1. The molecule has 1 saturated heterocycles. The molecular formula is C29H31N3O4. The summed E-state index contributed by atoms with van der Waals surface area (Å²) in [7, 11) is 0. The zero-order chi connectivity index (χ0) is 24.9. The Labute approximate surface area is 211 Å². The Bertz CT molecular complexity index is 1220. The second-order valence-electron chi connectivity index (χ2n) is 9.36. The predicted octanol–water partition coefficient (Wildman–Crippen LogP) is 4.51. The van der Waals surface area contributed by atoms with Crippen LogP contribution in [0.1, 0.15) is 34.3 Å². The van der Waals surface area contributed by atoms with Crippen molar-refractivity contribution in [1.82, 2.24) is 9.80 Å². The van der Waals surface area contributed by atoms with Crippen molar-refractivity contribution in [2.45, 2.75) is 32.1 Å². The molecule has 0 unspecified atom stereocenters. The Kier molecular flexibility index (Phi) is 7.30. The van der Waals surface area contributed by atoms with Crippen LogP contribution >= 0.6 is 0 Å². The van der Waals surface area contributed by atoms with Crippen molar-refractivity contribution in [2.75, 3.05) is 31.5 Å². The minimum atomic E-state index is -0.431. The molecule has 2 amide bonds. The molecule has 2 aliphatic heterocycles. The van der Waals surface area contributed by atoms with Gasteiger partial charge in [0.05, 0.1) is 12.3 Å². The van der Waals surface area contributed by atoms with Crippen LogP contribution < -0.4 is 5.32 Å². The maximum atomic E-state index is 12.7. The minimum Gasteiger partial charge on any atom is -0.446 e. The average molecular weight is 486 g/mol. The van der Waals surface area contributed by atoms with Gasteiger partial charge in [-0.05, 0) is 41.7 Å². The SMILES string of the molecule is O=C(Nc1ccccc1-c1ccccc1)OC1CCN(CCN2Cc3cc(CO)ccc3C2=O)CC1. The topological polar surface area (TPSA) is 82.1 Å². The lowest BCUT2D eigenvalue weighted by Crippen LogP contribution is -2.42. The van der Waals surface area contributed by atoms with E-state index < -0.39 is 6.09 Å². The number of hydrogen-bond acceptors (Lipinski definition) is 5. The maximum Gasteiger partial charge on any atom is 0.411 e. The van der Waals surface area contributed by atoms with Gasteiger partial charge >= 0.3 is 6.09 Å². The number of aliphatic hydroxyl groups excluding tert-OH is 1. The summed E-state index contributed by atoms with van der Waals surface area (Å²) in [6, 6.07) is 23.2. The van der Waals surface area contributed by atoms with E-state index in [1.807, 2.05) is 71.6 Å². The number of anilines is 1. The number of aliphatic hydroxyl groups is 1. The van der Waals surface area contributed by atoms with Crippen LogP contribution in [0.5, 0.6) is 0 Å². The number of carbonyl (C=O) groups excluding carboxylic acids is 2. The van der Waals surface area contributed by atoms with Gasteiger partial charge in [0, 0.05) is 43.9 Å². The van der Waals surface area contributed by atoms with Gasteiger partial charge in [0.25, 0.3) is 5.91 Å². The van der Waals surface area contributed by atoms with Gasteiger partial charge in [-0.25, -0.2) is 4.79 Å². The summed E-state index contributed by atoms with van der Waals surface area (Å²) in [4.78, 5) is 29.5. The molecule has 7 nitrogen and oxygen atoms in total. The van der Waals surface area contributed by atoms with Crippen LogP contribution in [0.2, 0.25) is 0 Å². The molecule has 186 valence electrons. The van der Waals surface area contributed by atoms with E-state index >= 15 is 0 Å². The van der Waals surface area contributed by atoms with E-state index in [4.69, 9.17) is 4.74 Å². The largest absolute Gasteiger partial charge is 0.446 e. The third-order valence-electron chi connectivity index (χ3n) is 6.97. The molecule has 0 saturated carbocycles. The number of para-hydroxylation sites is 1. The van der Waals surface area contributed by atoms with Gasteiger partial charge < -0.3 is 19.6 Å². The van der Waals surface area contributed by atoms with Gasteiger partial charge in [-0.3, -0.25) is 10.1 Å².